The zero-order chi connectivity index (χ0) is 25.2. The molecule has 184 valence electrons. The molecule has 2 atom stereocenters. The molecule has 1 aromatic heterocycles. The lowest BCUT2D eigenvalue weighted by molar-refractivity contribution is 0.393. The van der Waals surface area contributed by atoms with Gasteiger partial charge in [-0.15, -0.1) is 6.58 Å². The lowest BCUT2D eigenvalue weighted by Gasteiger charge is -2.28. The smallest absolute Gasteiger partial charge is 0.336 e. The summed E-state index contributed by atoms with van der Waals surface area (Å²) in [5, 5.41) is 0.636. The molecule has 0 aliphatic carbocycles. The summed E-state index contributed by atoms with van der Waals surface area (Å²) in [6.07, 6.45) is 2.65. The second-order valence-electron chi connectivity index (χ2n) is 8.88. The van der Waals surface area contributed by atoms with E-state index in [1.54, 1.807) is 6.07 Å². The third-order valence-electron chi connectivity index (χ3n) is 6.42. The van der Waals surface area contributed by atoms with Crippen molar-refractivity contribution in [3.63, 3.8) is 0 Å². The fraction of sp³-hybridized carbons (Fsp3) is 0.346. The number of rotatable bonds is 9. The first-order chi connectivity index (χ1) is 16.8. The van der Waals surface area contributed by atoms with E-state index in [1.807, 2.05) is 56.3 Å². The molecule has 1 aliphatic rings. The summed E-state index contributed by atoms with van der Waals surface area (Å²) < 4.78 is 23.2. The molecule has 0 saturated heterocycles. The Morgan fingerprint density at radius 2 is 1.57 bits per heavy atom. The van der Waals surface area contributed by atoms with Crippen LogP contribution in [0.25, 0.3) is 11.1 Å². The highest BCUT2D eigenvalue weighted by molar-refractivity contribution is 7.67. The highest BCUT2D eigenvalue weighted by Crippen LogP contribution is 2.54. The largest absolute Gasteiger partial charge is 0.439 e. The normalized spacial score (nSPS) is 17.2. The fourth-order valence-corrected chi connectivity index (χ4v) is 6.67. The van der Waals surface area contributed by atoms with Crippen molar-refractivity contribution in [2.24, 2.45) is 5.92 Å². The van der Waals surface area contributed by atoms with Crippen LogP contribution in [0, 0.1) is 5.92 Å². The number of hydrogen-bond donors (Lipinski definition) is 0. The number of allylic oxidation sites excluding steroid dienone is 1. The van der Waals surface area contributed by atoms with Gasteiger partial charge in [0.25, 0.3) is 7.37 Å². The maximum absolute atomic E-state index is 14.0. The Morgan fingerprint density at radius 1 is 0.943 bits per heavy atom. The summed E-state index contributed by atoms with van der Waals surface area (Å²) in [5.74, 6) is 0.647. The average Bonchev–Trinajstić information content (AvgIpc) is 2.86. The van der Waals surface area contributed by atoms with Gasteiger partial charge in [-0.3, -0.25) is 4.57 Å². The first-order valence-electron chi connectivity index (χ1n) is 11.8. The van der Waals surface area contributed by atoms with Crippen LogP contribution in [-0.2, 0) is 24.2 Å². The third kappa shape index (κ3) is 4.63. The molecule has 0 N–H and O–H groups in total. The molecule has 35 heavy (non-hydrogen) atoms. The van der Waals surface area contributed by atoms with Crippen molar-refractivity contribution in [2.75, 3.05) is 6.16 Å². The zero-order valence-electron chi connectivity index (χ0n) is 20.1. The predicted molar refractivity (Wildman–Crippen MR) is 138 cm³/mol. The average molecular weight is 496 g/mol. The molecule has 9 heteroatoms. The Bertz CT molecular complexity index is 1480. The van der Waals surface area contributed by atoms with Crippen LogP contribution in [0.1, 0.15) is 26.7 Å². The summed E-state index contributed by atoms with van der Waals surface area (Å²) in [7, 11) is -3.29. The van der Waals surface area contributed by atoms with Crippen molar-refractivity contribution in [3.8, 4) is 16.9 Å². The van der Waals surface area contributed by atoms with Crippen molar-refractivity contribution in [1.29, 1.82) is 0 Å². The molecule has 8 nitrogen and oxygen atoms in total. The minimum Gasteiger partial charge on any atom is -0.439 e. The number of hydrogen-bond acceptors (Lipinski definition) is 5. The van der Waals surface area contributed by atoms with E-state index >= 15 is 0 Å². The molecule has 0 spiro atoms. The molecule has 2 heterocycles. The van der Waals surface area contributed by atoms with Crippen LogP contribution in [0.5, 0.6) is 5.75 Å². The van der Waals surface area contributed by atoms with Gasteiger partial charge in [-0.25, -0.2) is 28.1 Å². The van der Waals surface area contributed by atoms with Crippen molar-refractivity contribution < 1.29 is 9.09 Å². The van der Waals surface area contributed by atoms with Gasteiger partial charge in [0, 0.05) is 24.8 Å². The van der Waals surface area contributed by atoms with Gasteiger partial charge in [0.1, 0.15) is 5.75 Å². The van der Waals surface area contributed by atoms with Crippen molar-refractivity contribution in [3.05, 3.63) is 92.6 Å². The molecule has 0 fully saturated rings. The van der Waals surface area contributed by atoms with Gasteiger partial charge in [-0.2, -0.15) is 0 Å². The number of aromatic nitrogens is 3. The first-order valence-corrected chi connectivity index (χ1v) is 13.6. The topological polar surface area (TPSA) is 92.3 Å². The van der Waals surface area contributed by atoms with Crippen LogP contribution >= 0.6 is 7.37 Å². The second kappa shape index (κ2) is 10.1. The van der Waals surface area contributed by atoms with Gasteiger partial charge >= 0.3 is 17.1 Å². The number of nitrogens with zero attached hydrogens (tertiary/aromatic N) is 3. The molecule has 2 unspecified atom stereocenters. The molecular weight excluding hydrogens is 465 g/mol. The van der Waals surface area contributed by atoms with Gasteiger partial charge in [-0.05, 0) is 30.0 Å². The monoisotopic (exact) mass is 495 g/mol. The molecule has 0 bridgehead atoms. The van der Waals surface area contributed by atoms with Crippen LogP contribution in [-0.4, -0.2) is 19.9 Å². The van der Waals surface area contributed by atoms with Gasteiger partial charge < -0.3 is 4.52 Å². The SMILES string of the molecule is C=CCn1c(=O)n(CCCP2(=O)Oc3ccccc3-c3ccccc32)c(=O)n(CC(C)CC)c1=O. The highest BCUT2D eigenvalue weighted by atomic mass is 31.2. The van der Waals surface area contributed by atoms with E-state index in [0.717, 1.165) is 31.2 Å². The van der Waals surface area contributed by atoms with E-state index in [0.29, 0.717) is 11.1 Å². The van der Waals surface area contributed by atoms with E-state index in [4.69, 9.17) is 4.52 Å². The summed E-state index contributed by atoms with van der Waals surface area (Å²) in [6, 6.07) is 14.9. The van der Waals surface area contributed by atoms with E-state index in [1.165, 1.54) is 6.08 Å². The first kappa shape index (κ1) is 24.7. The third-order valence-corrected chi connectivity index (χ3v) is 8.94. The quantitative estimate of drug-likeness (QED) is 0.335. The summed E-state index contributed by atoms with van der Waals surface area (Å²) in [4.78, 5) is 39.0. The van der Waals surface area contributed by atoms with Crippen LogP contribution in [0.15, 0.2) is 75.6 Å². The fourth-order valence-electron chi connectivity index (χ4n) is 4.33. The molecule has 0 saturated carbocycles. The maximum atomic E-state index is 14.0. The molecule has 3 aromatic rings. The predicted octanol–water partition coefficient (Wildman–Crippen LogP) is 3.46. The molecule has 0 radical (unpaired) electrons. The van der Waals surface area contributed by atoms with E-state index in [2.05, 4.69) is 6.58 Å². The van der Waals surface area contributed by atoms with Gasteiger partial charge in [-0.1, -0.05) is 62.7 Å². The standard InChI is InChI=1S/C26H30N3O5P/c1-4-15-27-24(30)28(26(32)29(25(27)31)18-19(3)5-2)16-10-17-35(33)23-14-9-7-12-21(23)20-11-6-8-13-22(20)34-35/h4,6-9,11-14,19H,1,5,10,15-18H2,2-3H3. The maximum Gasteiger partial charge on any atom is 0.336 e. The molecule has 4 rings (SSSR count). The Labute approximate surface area is 203 Å². The van der Waals surface area contributed by atoms with Crippen molar-refractivity contribution in [2.45, 2.75) is 46.3 Å². The van der Waals surface area contributed by atoms with Gasteiger partial charge in [0.2, 0.25) is 0 Å². The van der Waals surface area contributed by atoms with Crippen molar-refractivity contribution in [1.82, 2.24) is 13.7 Å². The van der Waals surface area contributed by atoms with Crippen molar-refractivity contribution >= 4 is 12.7 Å². The second-order valence-corrected chi connectivity index (χ2v) is 11.3. The molecule has 0 amide bonds. The lowest BCUT2D eigenvalue weighted by Crippen LogP contribution is -2.55. The number of para-hydroxylation sites is 1. The lowest BCUT2D eigenvalue weighted by atomic mass is 10.0. The van der Waals surface area contributed by atoms with Crippen LogP contribution in [0.3, 0.4) is 0 Å². The molecule has 1 aliphatic heterocycles. The molecular formula is C26H30N3O5P. The van der Waals surface area contributed by atoms with Gasteiger partial charge in [0.05, 0.1) is 11.8 Å². The van der Waals surface area contributed by atoms with Crippen LogP contribution in [0.2, 0.25) is 0 Å². The number of fused-ring (bicyclic) bond motifs is 3. The molecule has 2 aromatic carbocycles. The van der Waals surface area contributed by atoms with E-state index in [9.17, 15) is 18.9 Å². The van der Waals surface area contributed by atoms with Gasteiger partial charge in [0.15, 0.2) is 0 Å². The van der Waals surface area contributed by atoms with Crippen LogP contribution < -0.4 is 26.9 Å². The highest BCUT2D eigenvalue weighted by Gasteiger charge is 2.35. The zero-order valence-corrected chi connectivity index (χ0v) is 20.9. The Balaban J connectivity index is 1.66. The van der Waals surface area contributed by atoms with E-state index < -0.39 is 24.4 Å². The Hall–Kier alpha value is -3.38. The minimum absolute atomic E-state index is 0.00418. The minimum atomic E-state index is -3.29. The summed E-state index contributed by atoms with van der Waals surface area (Å²) in [6.45, 7) is 7.79. The summed E-state index contributed by atoms with van der Waals surface area (Å²) in [5.41, 5.74) is -0.214. The number of benzene rings is 2. The van der Waals surface area contributed by atoms with Crippen LogP contribution in [0.4, 0.5) is 0 Å². The summed E-state index contributed by atoms with van der Waals surface area (Å²) >= 11 is 0. The Kier molecular flexibility index (Phi) is 7.13. The Morgan fingerprint density at radius 3 is 2.29 bits per heavy atom. The van der Waals surface area contributed by atoms with E-state index in [-0.39, 0.29) is 38.1 Å².